The number of nitrogens with one attached hydrogen (secondary N) is 2. The first-order valence-corrected chi connectivity index (χ1v) is 10.7. The molecule has 156 valence electrons. The van der Waals surface area contributed by atoms with Gasteiger partial charge in [-0.1, -0.05) is 6.42 Å². The molecule has 2 aliphatic rings. The predicted octanol–water partition coefficient (Wildman–Crippen LogP) is 2.16. The standard InChI is InChI=1S/C21H31N7O/c1-27(13-17-5-7-22-8-6-17)20(29)19-11-24-21(25-12-19)23-9-18-10-26-28(15-18)14-16-3-2-4-16/h10-12,15-17,22H,2-9,13-14H2,1H3,(H,23,24,25). The summed E-state index contributed by atoms with van der Waals surface area (Å²) < 4.78 is 2.03. The molecule has 8 nitrogen and oxygen atoms in total. The summed E-state index contributed by atoms with van der Waals surface area (Å²) in [5.41, 5.74) is 1.63. The van der Waals surface area contributed by atoms with Crippen LogP contribution in [0.25, 0.3) is 0 Å². The van der Waals surface area contributed by atoms with Crippen LogP contribution in [0, 0.1) is 11.8 Å². The number of anilines is 1. The highest BCUT2D eigenvalue weighted by molar-refractivity contribution is 5.93. The fraction of sp³-hybridized carbons (Fsp3) is 0.619. The van der Waals surface area contributed by atoms with Gasteiger partial charge in [0.1, 0.15) is 0 Å². The van der Waals surface area contributed by atoms with Gasteiger partial charge in [-0.05, 0) is 50.6 Å². The number of amides is 1. The quantitative estimate of drug-likeness (QED) is 0.710. The Morgan fingerprint density at radius 3 is 2.62 bits per heavy atom. The van der Waals surface area contributed by atoms with Gasteiger partial charge >= 0.3 is 0 Å². The zero-order valence-corrected chi connectivity index (χ0v) is 17.2. The summed E-state index contributed by atoms with van der Waals surface area (Å²) in [6.07, 6.45) is 13.4. The molecule has 1 aliphatic carbocycles. The summed E-state index contributed by atoms with van der Waals surface area (Å²) in [5.74, 6) is 1.86. The topological polar surface area (TPSA) is 88.0 Å². The number of aromatic nitrogens is 4. The second-order valence-corrected chi connectivity index (χ2v) is 8.40. The Hall–Kier alpha value is -2.48. The van der Waals surface area contributed by atoms with Gasteiger partial charge in [0, 0.05) is 50.8 Å². The molecule has 3 heterocycles. The second-order valence-electron chi connectivity index (χ2n) is 8.40. The number of carbonyl (C=O) groups is 1. The number of nitrogens with zero attached hydrogens (tertiary/aromatic N) is 5. The van der Waals surface area contributed by atoms with Crippen molar-refractivity contribution in [2.45, 2.75) is 45.2 Å². The Kier molecular flexibility index (Phi) is 6.39. The van der Waals surface area contributed by atoms with E-state index in [0.717, 1.165) is 50.5 Å². The van der Waals surface area contributed by atoms with Crippen molar-refractivity contribution >= 4 is 11.9 Å². The minimum atomic E-state index is -0.0210. The van der Waals surface area contributed by atoms with Crippen LogP contribution in [0.5, 0.6) is 0 Å². The monoisotopic (exact) mass is 397 g/mol. The van der Waals surface area contributed by atoms with Crippen LogP contribution in [0.3, 0.4) is 0 Å². The van der Waals surface area contributed by atoms with Crippen LogP contribution >= 0.6 is 0 Å². The highest BCUT2D eigenvalue weighted by atomic mass is 16.2. The molecule has 1 saturated carbocycles. The Balaban J connectivity index is 1.25. The lowest BCUT2D eigenvalue weighted by atomic mass is 9.85. The normalized spacial score (nSPS) is 17.7. The van der Waals surface area contributed by atoms with Crippen molar-refractivity contribution in [3.8, 4) is 0 Å². The number of hydrogen-bond donors (Lipinski definition) is 2. The van der Waals surface area contributed by atoms with E-state index in [2.05, 4.69) is 31.9 Å². The van der Waals surface area contributed by atoms with E-state index < -0.39 is 0 Å². The second kappa shape index (κ2) is 9.35. The predicted molar refractivity (Wildman–Crippen MR) is 111 cm³/mol. The van der Waals surface area contributed by atoms with Gasteiger partial charge in [-0.2, -0.15) is 5.10 Å². The zero-order valence-electron chi connectivity index (χ0n) is 17.2. The zero-order chi connectivity index (χ0) is 20.1. The van der Waals surface area contributed by atoms with Gasteiger partial charge in [0.05, 0.1) is 11.8 Å². The largest absolute Gasteiger partial charge is 0.350 e. The molecule has 2 fully saturated rings. The molecule has 1 saturated heterocycles. The highest BCUT2D eigenvalue weighted by Gasteiger charge is 2.20. The van der Waals surface area contributed by atoms with Crippen LogP contribution in [0.15, 0.2) is 24.8 Å². The van der Waals surface area contributed by atoms with Gasteiger partial charge < -0.3 is 15.5 Å². The fourth-order valence-electron chi connectivity index (χ4n) is 4.00. The van der Waals surface area contributed by atoms with Gasteiger partial charge in [0.15, 0.2) is 0 Å². The van der Waals surface area contributed by atoms with Crippen molar-refractivity contribution in [1.29, 1.82) is 0 Å². The molecule has 1 amide bonds. The van der Waals surface area contributed by atoms with Gasteiger partial charge in [-0.25, -0.2) is 9.97 Å². The first kappa shape index (κ1) is 19.8. The van der Waals surface area contributed by atoms with Crippen LogP contribution in [0.2, 0.25) is 0 Å². The van der Waals surface area contributed by atoms with Crippen molar-refractivity contribution in [2.75, 3.05) is 32.0 Å². The molecule has 0 unspecified atom stereocenters. The third-order valence-corrected chi connectivity index (χ3v) is 6.04. The summed E-state index contributed by atoms with van der Waals surface area (Å²) >= 11 is 0. The van der Waals surface area contributed by atoms with Crippen LogP contribution in [0.4, 0.5) is 5.95 Å². The van der Waals surface area contributed by atoms with Crippen molar-refractivity contribution in [2.24, 2.45) is 11.8 Å². The van der Waals surface area contributed by atoms with E-state index in [9.17, 15) is 4.79 Å². The minimum absolute atomic E-state index is 0.0210. The molecule has 0 atom stereocenters. The first-order chi connectivity index (χ1) is 14.2. The average molecular weight is 398 g/mol. The van der Waals surface area contributed by atoms with E-state index in [1.165, 1.54) is 19.3 Å². The lowest BCUT2D eigenvalue weighted by Gasteiger charge is -2.27. The Morgan fingerprint density at radius 1 is 1.17 bits per heavy atom. The summed E-state index contributed by atoms with van der Waals surface area (Å²) in [4.78, 5) is 23.0. The Morgan fingerprint density at radius 2 is 1.93 bits per heavy atom. The lowest BCUT2D eigenvalue weighted by molar-refractivity contribution is 0.0762. The molecule has 8 heteroatoms. The first-order valence-electron chi connectivity index (χ1n) is 10.7. The number of hydrogen-bond acceptors (Lipinski definition) is 6. The SMILES string of the molecule is CN(CC1CCNCC1)C(=O)c1cnc(NCc2cnn(CC3CCC3)c2)nc1. The summed E-state index contributed by atoms with van der Waals surface area (Å²) in [5, 5.41) is 11.0. The van der Waals surface area contributed by atoms with E-state index in [1.54, 1.807) is 17.3 Å². The molecule has 2 N–H and O–H groups in total. The minimum Gasteiger partial charge on any atom is -0.350 e. The third-order valence-electron chi connectivity index (χ3n) is 6.04. The maximum atomic E-state index is 12.6. The fourth-order valence-corrected chi connectivity index (χ4v) is 4.00. The van der Waals surface area contributed by atoms with E-state index in [0.29, 0.717) is 24.0 Å². The van der Waals surface area contributed by atoms with Crippen LogP contribution in [-0.4, -0.2) is 57.2 Å². The van der Waals surface area contributed by atoms with Crippen LogP contribution < -0.4 is 10.6 Å². The molecule has 2 aromatic heterocycles. The number of piperidine rings is 1. The maximum absolute atomic E-state index is 12.6. The molecular formula is C21H31N7O. The molecular weight excluding hydrogens is 366 g/mol. The van der Waals surface area contributed by atoms with Crippen LogP contribution in [0.1, 0.15) is 48.0 Å². The van der Waals surface area contributed by atoms with Crippen molar-refractivity contribution in [3.05, 3.63) is 35.9 Å². The summed E-state index contributed by atoms with van der Waals surface area (Å²) in [6, 6.07) is 0. The van der Waals surface area contributed by atoms with Crippen molar-refractivity contribution in [3.63, 3.8) is 0 Å². The average Bonchev–Trinajstić information content (AvgIpc) is 3.17. The molecule has 1 aliphatic heterocycles. The van der Waals surface area contributed by atoms with E-state index in [1.807, 2.05) is 17.9 Å². The molecule has 0 spiro atoms. The van der Waals surface area contributed by atoms with Gasteiger partial charge in [-0.3, -0.25) is 9.48 Å². The molecule has 2 aromatic rings. The van der Waals surface area contributed by atoms with E-state index in [-0.39, 0.29) is 5.91 Å². The number of rotatable bonds is 8. The van der Waals surface area contributed by atoms with Gasteiger partial charge in [0.2, 0.25) is 5.95 Å². The summed E-state index contributed by atoms with van der Waals surface area (Å²) in [7, 11) is 1.86. The van der Waals surface area contributed by atoms with Gasteiger partial charge in [0.25, 0.3) is 5.91 Å². The van der Waals surface area contributed by atoms with Crippen LogP contribution in [-0.2, 0) is 13.1 Å². The molecule has 0 aromatic carbocycles. The van der Waals surface area contributed by atoms with E-state index in [4.69, 9.17) is 0 Å². The molecule has 4 rings (SSSR count). The van der Waals surface area contributed by atoms with Crippen molar-refractivity contribution in [1.82, 2.24) is 30.0 Å². The number of carbonyl (C=O) groups excluding carboxylic acids is 1. The summed E-state index contributed by atoms with van der Waals surface area (Å²) in [6.45, 7) is 4.49. The molecule has 0 radical (unpaired) electrons. The molecule has 29 heavy (non-hydrogen) atoms. The smallest absolute Gasteiger partial charge is 0.256 e. The molecule has 0 bridgehead atoms. The third kappa shape index (κ3) is 5.32. The van der Waals surface area contributed by atoms with E-state index >= 15 is 0 Å². The maximum Gasteiger partial charge on any atom is 0.256 e. The Bertz CT molecular complexity index is 794. The van der Waals surface area contributed by atoms with Crippen molar-refractivity contribution < 1.29 is 4.79 Å². The lowest BCUT2D eigenvalue weighted by Crippen LogP contribution is -2.37. The van der Waals surface area contributed by atoms with Gasteiger partial charge in [-0.15, -0.1) is 0 Å². The highest BCUT2D eigenvalue weighted by Crippen LogP contribution is 2.27. The Labute approximate surface area is 172 Å².